The minimum Gasteiger partial charge on any atom is -0.478 e. The van der Waals surface area contributed by atoms with Gasteiger partial charge in [-0.1, -0.05) is 0 Å². The Morgan fingerprint density at radius 1 is 1.56 bits per heavy atom. The van der Waals surface area contributed by atoms with Gasteiger partial charge in [0.15, 0.2) is 0 Å². The fourth-order valence-corrected chi connectivity index (χ4v) is 2.13. The third-order valence-electron chi connectivity index (χ3n) is 3.30. The predicted molar refractivity (Wildman–Crippen MR) is 66.4 cm³/mol. The molecule has 18 heavy (non-hydrogen) atoms. The van der Waals surface area contributed by atoms with Gasteiger partial charge in [0.25, 0.3) is 0 Å². The third-order valence-corrected chi connectivity index (χ3v) is 3.30. The van der Waals surface area contributed by atoms with E-state index in [1.165, 1.54) is 12.5 Å². The molecule has 0 bridgehead atoms. The molecule has 0 aliphatic carbocycles. The van der Waals surface area contributed by atoms with Crippen LogP contribution in [0.2, 0.25) is 0 Å². The number of likely N-dealkylation sites (tertiary alicyclic amines) is 1. The second-order valence-corrected chi connectivity index (χ2v) is 4.65. The Kier molecular flexibility index (Phi) is 4.22. The molecule has 0 spiro atoms. The maximum atomic E-state index is 11.0. The lowest BCUT2D eigenvalue weighted by molar-refractivity contribution is 0.0694. The molecule has 1 aromatic rings. The first kappa shape index (κ1) is 12.9. The molecule has 2 rings (SSSR count). The number of hydrogen-bond acceptors (Lipinski definition) is 5. The van der Waals surface area contributed by atoms with E-state index in [1.54, 1.807) is 0 Å². The first-order chi connectivity index (χ1) is 8.66. The van der Waals surface area contributed by atoms with Crippen molar-refractivity contribution in [3.05, 3.63) is 23.8 Å². The van der Waals surface area contributed by atoms with Crippen LogP contribution in [0.25, 0.3) is 0 Å². The molecule has 0 amide bonds. The van der Waals surface area contributed by atoms with Crippen molar-refractivity contribution in [2.45, 2.75) is 25.4 Å². The molecule has 0 unspecified atom stereocenters. The molecule has 1 saturated heterocycles. The minimum atomic E-state index is -0.976. The lowest BCUT2D eigenvalue weighted by atomic mass is 10.1. The zero-order chi connectivity index (χ0) is 13.0. The van der Waals surface area contributed by atoms with Gasteiger partial charge in [0.1, 0.15) is 11.9 Å². The van der Waals surface area contributed by atoms with E-state index in [0.717, 1.165) is 25.9 Å². The van der Waals surface area contributed by atoms with Gasteiger partial charge in [-0.2, -0.15) is 0 Å². The van der Waals surface area contributed by atoms with Gasteiger partial charge < -0.3 is 15.3 Å². The van der Waals surface area contributed by atoms with Crippen LogP contribution in [0.1, 0.15) is 28.9 Å². The quantitative estimate of drug-likeness (QED) is 0.803. The number of carboxylic acids is 1. The smallest absolute Gasteiger partial charge is 0.339 e. The SMILES string of the molecule is CN1CCC(NCc2ncncc2C(=O)O)CC1. The van der Waals surface area contributed by atoms with Crippen LogP contribution in [-0.4, -0.2) is 52.1 Å². The molecule has 1 aliphatic heterocycles. The van der Waals surface area contributed by atoms with E-state index in [9.17, 15) is 4.79 Å². The number of carboxylic acid groups (broad SMARTS) is 1. The van der Waals surface area contributed by atoms with E-state index < -0.39 is 5.97 Å². The van der Waals surface area contributed by atoms with Gasteiger partial charge in [0.05, 0.1) is 5.69 Å². The number of carbonyl (C=O) groups is 1. The Labute approximate surface area is 106 Å². The van der Waals surface area contributed by atoms with Crippen LogP contribution >= 0.6 is 0 Å². The van der Waals surface area contributed by atoms with Gasteiger partial charge in [-0.25, -0.2) is 14.8 Å². The monoisotopic (exact) mass is 250 g/mol. The van der Waals surface area contributed by atoms with Crippen molar-refractivity contribution in [1.29, 1.82) is 0 Å². The highest BCUT2D eigenvalue weighted by molar-refractivity contribution is 5.88. The molecule has 0 radical (unpaired) electrons. The average Bonchev–Trinajstić information content (AvgIpc) is 2.38. The highest BCUT2D eigenvalue weighted by Crippen LogP contribution is 2.10. The van der Waals surface area contributed by atoms with Crippen molar-refractivity contribution < 1.29 is 9.90 Å². The summed E-state index contributed by atoms with van der Waals surface area (Å²) < 4.78 is 0. The number of nitrogens with zero attached hydrogens (tertiary/aromatic N) is 3. The third kappa shape index (κ3) is 3.24. The molecule has 2 heterocycles. The molecule has 2 N–H and O–H groups in total. The molecular formula is C12H18N4O2. The van der Waals surface area contributed by atoms with E-state index in [1.807, 2.05) is 0 Å². The van der Waals surface area contributed by atoms with Gasteiger partial charge in [-0.15, -0.1) is 0 Å². The van der Waals surface area contributed by atoms with Crippen LogP contribution in [0.3, 0.4) is 0 Å². The van der Waals surface area contributed by atoms with Crippen LogP contribution < -0.4 is 5.32 Å². The number of nitrogens with one attached hydrogen (secondary N) is 1. The first-order valence-electron chi connectivity index (χ1n) is 6.11. The second kappa shape index (κ2) is 5.88. The molecular weight excluding hydrogens is 232 g/mol. The summed E-state index contributed by atoms with van der Waals surface area (Å²) in [6.07, 6.45) is 4.91. The fourth-order valence-electron chi connectivity index (χ4n) is 2.13. The summed E-state index contributed by atoms with van der Waals surface area (Å²) in [5, 5.41) is 12.4. The Morgan fingerprint density at radius 3 is 2.94 bits per heavy atom. The zero-order valence-corrected chi connectivity index (χ0v) is 10.5. The van der Waals surface area contributed by atoms with Gasteiger partial charge in [0, 0.05) is 18.8 Å². The molecule has 6 heteroatoms. The summed E-state index contributed by atoms with van der Waals surface area (Å²) >= 11 is 0. The van der Waals surface area contributed by atoms with Crippen molar-refractivity contribution in [2.75, 3.05) is 20.1 Å². The number of aromatic carboxylic acids is 1. The largest absolute Gasteiger partial charge is 0.478 e. The molecule has 98 valence electrons. The Balaban J connectivity index is 1.92. The fraction of sp³-hybridized carbons (Fsp3) is 0.583. The lowest BCUT2D eigenvalue weighted by Crippen LogP contribution is -2.40. The summed E-state index contributed by atoms with van der Waals surface area (Å²) in [5.41, 5.74) is 0.731. The molecule has 0 aromatic carbocycles. The Bertz CT molecular complexity index is 416. The van der Waals surface area contributed by atoms with Gasteiger partial charge in [0.2, 0.25) is 0 Å². The zero-order valence-electron chi connectivity index (χ0n) is 10.5. The van der Waals surface area contributed by atoms with Crippen molar-refractivity contribution >= 4 is 5.97 Å². The van der Waals surface area contributed by atoms with E-state index in [0.29, 0.717) is 18.3 Å². The minimum absolute atomic E-state index is 0.179. The highest BCUT2D eigenvalue weighted by Gasteiger charge is 2.17. The summed E-state index contributed by atoms with van der Waals surface area (Å²) in [4.78, 5) is 21.1. The molecule has 6 nitrogen and oxygen atoms in total. The van der Waals surface area contributed by atoms with Crippen LogP contribution in [0.4, 0.5) is 0 Å². The van der Waals surface area contributed by atoms with E-state index in [4.69, 9.17) is 5.11 Å². The lowest BCUT2D eigenvalue weighted by Gasteiger charge is -2.29. The first-order valence-corrected chi connectivity index (χ1v) is 6.11. The number of aromatic nitrogens is 2. The van der Waals surface area contributed by atoms with Gasteiger partial charge >= 0.3 is 5.97 Å². The number of rotatable bonds is 4. The van der Waals surface area contributed by atoms with Crippen molar-refractivity contribution in [2.24, 2.45) is 0 Å². The Hall–Kier alpha value is -1.53. The molecule has 1 aromatic heterocycles. The molecule has 0 atom stereocenters. The maximum absolute atomic E-state index is 11.0. The second-order valence-electron chi connectivity index (χ2n) is 4.65. The normalized spacial score (nSPS) is 17.8. The Morgan fingerprint density at radius 2 is 2.28 bits per heavy atom. The van der Waals surface area contributed by atoms with Crippen LogP contribution in [0.15, 0.2) is 12.5 Å². The number of piperidine rings is 1. The summed E-state index contributed by atoms with van der Waals surface area (Å²) in [6.45, 7) is 2.64. The van der Waals surface area contributed by atoms with Gasteiger partial charge in [-0.05, 0) is 33.0 Å². The van der Waals surface area contributed by atoms with Gasteiger partial charge in [-0.3, -0.25) is 0 Å². The van der Waals surface area contributed by atoms with Crippen molar-refractivity contribution in [3.63, 3.8) is 0 Å². The standard InChI is InChI=1S/C12H18N4O2/c1-16-4-2-9(3-5-16)14-7-11-10(12(17)18)6-13-8-15-11/h6,8-9,14H,2-5,7H2,1H3,(H,17,18). The highest BCUT2D eigenvalue weighted by atomic mass is 16.4. The number of hydrogen-bond donors (Lipinski definition) is 2. The summed E-state index contributed by atoms with van der Waals surface area (Å²) in [5.74, 6) is -0.976. The van der Waals surface area contributed by atoms with E-state index >= 15 is 0 Å². The molecule has 1 aliphatic rings. The predicted octanol–water partition coefficient (Wildman–Crippen LogP) is 0.359. The van der Waals surface area contributed by atoms with Crippen LogP contribution in [0.5, 0.6) is 0 Å². The molecule has 1 fully saturated rings. The molecule has 0 saturated carbocycles. The maximum Gasteiger partial charge on any atom is 0.339 e. The topological polar surface area (TPSA) is 78.3 Å². The summed E-state index contributed by atoms with van der Waals surface area (Å²) in [7, 11) is 2.11. The van der Waals surface area contributed by atoms with E-state index in [2.05, 4.69) is 27.2 Å². The van der Waals surface area contributed by atoms with Crippen LogP contribution in [0, 0.1) is 0 Å². The average molecular weight is 250 g/mol. The van der Waals surface area contributed by atoms with E-state index in [-0.39, 0.29) is 5.56 Å². The van der Waals surface area contributed by atoms with Crippen LogP contribution in [-0.2, 0) is 6.54 Å². The summed E-state index contributed by atoms with van der Waals surface area (Å²) in [6, 6.07) is 0.442. The van der Waals surface area contributed by atoms with Crippen molar-refractivity contribution in [1.82, 2.24) is 20.2 Å². The van der Waals surface area contributed by atoms with Crippen molar-refractivity contribution in [3.8, 4) is 0 Å².